The van der Waals surface area contributed by atoms with Crippen molar-refractivity contribution in [3.05, 3.63) is 35.9 Å². The van der Waals surface area contributed by atoms with Crippen LogP contribution in [0.3, 0.4) is 0 Å². The monoisotopic (exact) mass is 316 g/mol. The molecule has 122 valence electrons. The molecule has 0 bridgehead atoms. The maximum Gasteiger partial charge on any atom is 1.00 e. The number of ether oxygens (including phenoxy) is 2. The molecular weight excluding hydrogens is 283 g/mol. The Morgan fingerprint density at radius 1 is 0.818 bits per heavy atom. The first-order valence-corrected chi connectivity index (χ1v) is 8.62. The molecule has 2 nitrogen and oxygen atoms in total. The molecule has 0 fully saturated rings. The summed E-state index contributed by atoms with van der Waals surface area (Å²) in [6.45, 7) is 7.68. The van der Waals surface area contributed by atoms with E-state index in [-0.39, 0.29) is 31.0 Å². The van der Waals surface area contributed by atoms with Gasteiger partial charge in [0.25, 0.3) is 0 Å². The van der Waals surface area contributed by atoms with Gasteiger partial charge in [0.1, 0.15) is 0 Å². The molecular formula is C19H33NaO2. The van der Waals surface area contributed by atoms with Crippen LogP contribution in [0.4, 0.5) is 0 Å². The fourth-order valence-corrected chi connectivity index (χ4v) is 2.79. The molecule has 1 aromatic rings. The molecule has 0 spiro atoms. The Balaban J connectivity index is 0. The van der Waals surface area contributed by atoms with Crippen LogP contribution >= 0.6 is 0 Å². The molecule has 0 atom stereocenters. The van der Waals surface area contributed by atoms with Crippen LogP contribution in [-0.2, 0) is 15.3 Å². The van der Waals surface area contributed by atoms with Gasteiger partial charge in [-0.1, -0.05) is 69.4 Å². The minimum Gasteiger partial charge on any atom is -1.00 e. The van der Waals surface area contributed by atoms with Gasteiger partial charge in [-0.2, -0.15) is 0 Å². The van der Waals surface area contributed by atoms with Gasteiger partial charge in [-0.25, -0.2) is 0 Å². The summed E-state index contributed by atoms with van der Waals surface area (Å²) < 4.78 is 12.1. The van der Waals surface area contributed by atoms with Crippen molar-refractivity contribution in [3.63, 3.8) is 0 Å². The summed E-state index contributed by atoms with van der Waals surface area (Å²) >= 11 is 0. The zero-order valence-electron chi connectivity index (χ0n) is 16.1. The third-order valence-electron chi connectivity index (χ3n) is 3.83. The van der Waals surface area contributed by atoms with Gasteiger partial charge in [0, 0.05) is 25.2 Å². The fraction of sp³-hybridized carbons (Fsp3) is 0.684. The minimum atomic E-state index is -0.560. The Morgan fingerprint density at radius 2 is 1.36 bits per heavy atom. The first-order valence-electron chi connectivity index (χ1n) is 8.62. The van der Waals surface area contributed by atoms with Gasteiger partial charge in [-0.15, -0.1) is 0 Å². The maximum absolute atomic E-state index is 6.06. The molecule has 22 heavy (non-hydrogen) atoms. The summed E-state index contributed by atoms with van der Waals surface area (Å²) in [5.41, 5.74) is 1.14. The van der Waals surface area contributed by atoms with Crippen molar-refractivity contribution in [2.45, 2.75) is 71.5 Å². The summed E-state index contributed by atoms with van der Waals surface area (Å²) in [6, 6.07) is 10.4. The van der Waals surface area contributed by atoms with Crippen LogP contribution in [0.25, 0.3) is 0 Å². The Kier molecular flexibility index (Phi) is 13.7. The maximum atomic E-state index is 6.06. The second-order valence-corrected chi connectivity index (χ2v) is 5.50. The van der Waals surface area contributed by atoms with Gasteiger partial charge in [0.05, 0.1) is 0 Å². The van der Waals surface area contributed by atoms with E-state index in [0.717, 1.165) is 18.4 Å². The Morgan fingerprint density at radius 3 is 1.91 bits per heavy atom. The van der Waals surface area contributed by atoms with Crippen LogP contribution in [0.15, 0.2) is 30.3 Å². The molecule has 0 saturated carbocycles. The van der Waals surface area contributed by atoms with Gasteiger partial charge >= 0.3 is 29.6 Å². The van der Waals surface area contributed by atoms with Gasteiger partial charge in [0.15, 0.2) is 5.79 Å². The van der Waals surface area contributed by atoms with Crippen LogP contribution in [0, 0.1) is 0 Å². The summed E-state index contributed by atoms with van der Waals surface area (Å²) in [7, 11) is 0. The summed E-state index contributed by atoms with van der Waals surface area (Å²) in [5.74, 6) is -0.560. The van der Waals surface area contributed by atoms with E-state index in [0.29, 0.717) is 13.2 Å². The topological polar surface area (TPSA) is 18.5 Å². The van der Waals surface area contributed by atoms with Crippen LogP contribution in [0.2, 0.25) is 0 Å². The van der Waals surface area contributed by atoms with Crippen molar-refractivity contribution in [1.82, 2.24) is 0 Å². The van der Waals surface area contributed by atoms with Crippen molar-refractivity contribution in [2.75, 3.05) is 13.2 Å². The predicted octanol–water partition coefficient (Wildman–Crippen LogP) is 2.78. The van der Waals surface area contributed by atoms with E-state index >= 15 is 0 Å². The van der Waals surface area contributed by atoms with Crippen molar-refractivity contribution in [2.24, 2.45) is 0 Å². The molecule has 3 heteroatoms. The zero-order valence-corrected chi connectivity index (χ0v) is 17.1. The van der Waals surface area contributed by atoms with Crippen molar-refractivity contribution in [3.8, 4) is 0 Å². The molecule has 0 unspecified atom stereocenters. The second kappa shape index (κ2) is 13.6. The molecule has 0 aliphatic carbocycles. The van der Waals surface area contributed by atoms with Gasteiger partial charge in [-0.05, 0) is 20.3 Å². The third kappa shape index (κ3) is 7.61. The molecule has 0 saturated heterocycles. The van der Waals surface area contributed by atoms with E-state index in [1.165, 1.54) is 32.1 Å². The molecule has 0 N–H and O–H groups in total. The summed E-state index contributed by atoms with van der Waals surface area (Å²) in [5, 5.41) is 0. The normalized spacial score (nSPS) is 11.2. The molecule has 0 amide bonds. The molecule has 0 radical (unpaired) electrons. The summed E-state index contributed by atoms with van der Waals surface area (Å²) in [6.07, 6.45) is 8.65. The van der Waals surface area contributed by atoms with Crippen molar-refractivity contribution >= 4 is 0 Å². The second-order valence-electron chi connectivity index (χ2n) is 5.50. The molecule has 0 heterocycles. The number of rotatable bonds is 12. The minimum absolute atomic E-state index is 0. The van der Waals surface area contributed by atoms with E-state index in [9.17, 15) is 0 Å². The summed E-state index contributed by atoms with van der Waals surface area (Å²) in [4.78, 5) is 0. The van der Waals surface area contributed by atoms with Crippen LogP contribution in [-0.4, -0.2) is 13.2 Å². The van der Waals surface area contributed by atoms with E-state index in [1.807, 2.05) is 19.9 Å². The predicted molar refractivity (Wildman–Crippen MR) is 90.5 cm³/mol. The first kappa shape index (κ1) is 22.1. The average Bonchev–Trinajstić information content (AvgIpc) is 2.52. The van der Waals surface area contributed by atoms with Gasteiger partial charge in [0.2, 0.25) is 0 Å². The van der Waals surface area contributed by atoms with Crippen LogP contribution in [0.1, 0.15) is 72.7 Å². The Hall–Kier alpha value is 0.140. The van der Waals surface area contributed by atoms with E-state index < -0.39 is 5.79 Å². The third-order valence-corrected chi connectivity index (χ3v) is 3.83. The van der Waals surface area contributed by atoms with E-state index in [1.54, 1.807) is 0 Å². The number of hydrogen-bond acceptors (Lipinski definition) is 2. The van der Waals surface area contributed by atoms with Crippen molar-refractivity contribution < 1.29 is 40.5 Å². The van der Waals surface area contributed by atoms with E-state index in [4.69, 9.17) is 9.47 Å². The molecule has 0 aliphatic heterocycles. The Bertz CT molecular complexity index is 354. The number of benzene rings is 1. The number of hydrogen-bond donors (Lipinski definition) is 0. The molecule has 1 rings (SSSR count). The first-order chi connectivity index (χ1) is 10.3. The molecule has 1 aromatic carbocycles. The Labute approximate surface area is 160 Å². The smallest absolute Gasteiger partial charge is 1.00 e. The largest absolute Gasteiger partial charge is 1.00 e. The average molecular weight is 316 g/mol. The van der Waals surface area contributed by atoms with Crippen molar-refractivity contribution in [1.29, 1.82) is 0 Å². The van der Waals surface area contributed by atoms with E-state index in [2.05, 4.69) is 31.2 Å². The van der Waals surface area contributed by atoms with Crippen LogP contribution in [0.5, 0.6) is 0 Å². The number of unbranched alkanes of at least 4 members (excludes halogenated alkanes) is 5. The SMILES string of the molecule is CCCCCCCCC(OCC)(OCC)c1ccccc1.[H-].[Na+]. The molecule has 0 aromatic heterocycles. The standard InChI is InChI=1S/C19H32O2.Na.H/c1-4-7-8-9-10-14-17-19(20-5-2,21-6-3)18-15-12-11-13-16-18;;/h11-13,15-16H,4-10,14,17H2,1-3H3;;/q;+1;-1. The van der Waals surface area contributed by atoms with Gasteiger partial charge < -0.3 is 10.9 Å². The van der Waals surface area contributed by atoms with Gasteiger partial charge in [-0.3, -0.25) is 0 Å². The quantitative estimate of drug-likeness (QED) is 0.335. The fourth-order valence-electron chi connectivity index (χ4n) is 2.79. The zero-order chi connectivity index (χ0) is 15.4. The van der Waals surface area contributed by atoms with Crippen LogP contribution < -0.4 is 29.6 Å². The molecule has 0 aliphatic rings.